The van der Waals surface area contributed by atoms with Crippen molar-refractivity contribution in [1.29, 1.82) is 0 Å². The summed E-state index contributed by atoms with van der Waals surface area (Å²) in [6.45, 7) is 7.18. The van der Waals surface area contributed by atoms with Crippen molar-refractivity contribution in [2.24, 2.45) is 5.92 Å². The van der Waals surface area contributed by atoms with Crippen molar-refractivity contribution in [2.75, 3.05) is 24.5 Å². The molecule has 0 radical (unpaired) electrons. The molecule has 1 fully saturated rings. The highest BCUT2D eigenvalue weighted by atomic mass is 19.3. The summed E-state index contributed by atoms with van der Waals surface area (Å²) >= 11 is 0. The number of anilines is 1. The monoisotopic (exact) mass is 314 g/mol. The second-order valence-corrected chi connectivity index (χ2v) is 6.26. The number of ether oxygens (including phenoxy) is 1. The van der Waals surface area contributed by atoms with Crippen molar-refractivity contribution in [2.45, 2.75) is 32.8 Å². The number of hydrogen-bond acceptors (Lipinski definition) is 5. The Balaban J connectivity index is 1.76. The van der Waals surface area contributed by atoms with Gasteiger partial charge >= 0.3 is 6.09 Å². The van der Waals surface area contributed by atoms with Gasteiger partial charge in [0, 0.05) is 31.6 Å². The minimum Gasteiger partial charge on any atom is -0.444 e. The SMILES string of the molecule is CC(C)(C)OC(=O)NCC1CN(c2cc(C(F)F)ncn2)C1. The largest absolute Gasteiger partial charge is 0.444 e. The van der Waals surface area contributed by atoms with Crippen LogP contribution in [0.1, 0.15) is 32.9 Å². The normalized spacial score (nSPS) is 15.6. The lowest BCUT2D eigenvalue weighted by Gasteiger charge is -2.40. The van der Waals surface area contributed by atoms with Gasteiger partial charge in [0.05, 0.1) is 0 Å². The second kappa shape index (κ2) is 6.41. The molecule has 0 atom stereocenters. The van der Waals surface area contributed by atoms with Gasteiger partial charge in [0.25, 0.3) is 6.43 Å². The van der Waals surface area contributed by atoms with Gasteiger partial charge in [-0.25, -0.2) is 23.5 Å². The van der Waals surface area contributed by atoms with E-state index in [1.807, 2.05) is 4.90 Å². The standard InChI is InChI=1S/C14H20F2N4O2/c1-14(2,3)22-13(21)17-5-9-6-20(7-9)11-4-10(12(15)16)18-8-19-11/h4,8-9,12H,5-7H2,1-3H3,(H,17,21). The third-order valence-corrected chi connectivity index (χ3v) is 3.11. The lowest BCUT2D eigenvalue weighted by atomic mass is 10.0. The second-order valence-electron chi connectivity index (χ2n) is 6.26. The Morgan fingerprint density at radius 2 is 2.14 bits per heavy atom. The molecule has 1 aromatic rings. The zero-order valence-electron chi connectivity index (χ0n) is 12.8. The molecule has 22 heavy (non-hydrogen) atoms. The fourth-order valence-electron chi connectivity index (χ4n) is 2.08. The van der Waals surface area contributed by atoms with Crippen LogP contribution in [-0.4, -0.2) is 41.3 Å². The average molecular weight is 314 g/mol. The highest BCUT2D eigenvalue weighted by molar-refractivity contribution is 5.67. The summed E-state index contributed by atoms with van der Waals surface area (Å²) in [5, 5.41) is 2.70. The third kappa shape index (κ3) is 4.51. The van der Waals surface area contributed by atoms with E-state index in [1.54, 1.807) is 20.8 Å². The maximum absolute atomic E-state index is 12.6. The van der Waals surface area contributed by atoms with E-state index in [4.69, 9.17) is 4.74 Å². The van der Waals surface area contributed by atoms with Crippen LogP contribution < -0.4 is 10.2 Å². The Hall–Kier alpha value is -1.99. The number of hydrogen-bond donors (Lipinski definition) is 1. The number of halogens is 2. The highest BCUT2D eigenvalue weighted by Crippen LogP contribution is 2.25. The number of nitrogens with zero attached hydrogens (tertiary/aromatic N) is 3. The quantitative estimate of drug-likeness (QED) is 0.924. The molecule has 1 aromatic heterocycles. The third-order valence-electron chi connectivity index (χ3n) is 3.11. The molecule has 1 N–H and O–H groups in total. The molecule has 2 rings (SSSR count). The van der Waals surface area contributed by atoms with Crippen LogP contribution in [0.25, 0.3) is 0 Å². The van der Waals surface area contributed by atoms with E-state index < -0.39 is 18.1 Å². The van der Waals surface area contributed by atoms with E-state index in [0.29, 0.717) is 25.5 Å². The first-order valence-electron chi connectivity index (χ1n) is 7.06. The summed E-state index contributed by atoms with van der Waals surface area (Å²) in [5.74, 6) is 0.733. The van der Waals surface area contributed by atoms with E-state index in [-0.39, 0.29) is 11.6 Å². The topological polar surface area (TPSA) is 67.3 Å². The molecule has 1 aliphatic heterocycles. The molecular weight excluding hydrogens is 294 g/mol. The van der Waals surface area contributed by atoms with Gasteiger partial charge in [0.15, 0.2) is 0 Å². The Labute approximate surface area is 127 Å². The van der Waals surface area contributed by atoms with Gasteiger partial charge in [-0.3, -0.25) is 0 Å². The van der Waals surface area contributed by atoms with Crippen molar-refractivity contribution in [3.63, 3.8) is 0 Å². The van der Waals surface area contributed by atoms with Gasteiger partial charge in [-0.2, -0.15) is 0 Å². The van der Waals surface area contributed by atoms with Crippen LogP contribution >= 0.6 is 0 Å². The molecule has 0 spiro atoms. The maximum Gasteiger partial charge on any atom is 0.407 e. The first kappa shape index (κ1) is 16.4. The molecule has 1 amide bonds. The summed E-state index contributed by atoms with van der Waals surface area (Å²) in [4.78, 5) is 20.9. The zero-order valence-corrected chi connectivity index (χ0v) is 12.8. The molecule has 2 heterocycles. The fraction of sp³-hybridized carbons (Fsp3) is 0.643. The van der Waals surface area contributed by atoms with Crippen molar-refractivity contribution in [3.05, 3.63) is 18.1 Å². The van der Waals surface area contributed by atoms with Crippen LogP contribution in [0.15, 0.2) is 12.4 Å². The number of carbonyl (C=O) groups excluding carboxylic acids is 1. The number of amides is 1. The minimum absolute atomic E-state index is 0.248. The molecule has 8 heteroatoms. The van der Waals surface area contributed by atoms with Crippen molar-refractivity contribution >= 4 is 11.9 Å². The molecule has 0 bridgehead atoms. The van der Waals surface area contributed by atoms with Gasteiger partial charge in [0.1, 0.15) is 23.4 Å². The van der Waals surface area contributed by atoms with Crippen molar-refractivity contribution < 1.29 is 18.3 Å². The van der Waals surface area contributed by atoms with Crippen molar-refractivity contribution in [1.82, 2.24) is 15.3 Å². The summed E-state index contributed by atoms with van der Waals surface area (Å²) in [6, 6.07) is 1.29. The summed E-state index contributed by atoms with van der Waals surface area (Å²) in [5.41, 5.74) is -0.803. The first-order valence-corrected chi connectivity index (χ1v) is 7.06. The van der Waals surface area contributed by atoms with Crippen LogP contribution in [0.3, 0.4) is 0 Å². The number of alkyl halides is 2. The number of carbonyl (C=O) groups is 1. The molecule has 6 nitrogen and oxygen atoms in total. The predicted octanol–water partition coefficient (Wildman–Crippen LogP) is 2.38. The maximum atomic E-state index is 12.6. The van der Waals surface area contributed by atoms with Crippen LogP contribution in [0.2, 0.25) is 0 Å². The summed E-state index contributed by atoms with van der Waals surface area (Å²) in [7, 11) is 0. The van der Waals surface area contributed by atoms with Crippen LogP contribution in [0.4, 0.5) is 19.4 Å². The average Bonchev–Trinajstić information content (AvgIpc) is 2.35. The van der Waals surface area contributed by atoms with E-state index >= 15 is 0 Å². The lowest BCUT2D eigenvalue weighted by Crippen LogP contribution is -2.52. The van der Waals surface area contributed by atoms with E-state index in [1.165, 1.54) is 6.07 Å². The fourth-order valence-corrected chi connectivity index (χ4v) is 2.08. The van der Waals surface area contributed by atoms with Crippen molar-refractivity contribution in [3.8, 4) is 0 Å². The molecule has 0 aromatic carbocycles. The smallest absolute Gasteiger partial charge is 0.407 e. The number of alkyl carbamates (subject to hydrolysis) is 1. The van der Waals surface area contributed by atoms with Gasteiger partial charge in [-0.05, 0) is 20.8 Å². The molecule has 0 aliphatic carbocycles. The van der Waals surface area contributed by atoms with Gasteiger partial charge in [-0.1, -0.05) is 0 Å². The van der Waals surface area contributed by atoms with E-state index in [9.17, 15) is 13.6 Å². The van der Waals surface area contributed by atoms with E-state index in [2.05, 4.69) is 15.3 Å². The Bertz CT molecular complexity index is 528. The molecule has 1 saturated heterocycles. The molecule has 0 unspecified atom stereocenters. The minimum atomic E-state index is -2.60. The Morgan fingerprint density at radius 3 is 2.73 bits per heavy atom. The zero-order chi connectivity index (χ0) is 16.3. The van der Waals surface area contributed by atoms with Gasteiger partial charge in [-0.15, -0.1) is 0 Å². The summed E-state index contributed by atoms with van der Waals surface area (Å²) in [6.07, 6.45) is -1.91. The van der Waals surface area contributed by atoms with Crippen LogP contribution in [0.5, 0.6) is 0 Å². The first-order chi connectivity index (χ1) is 10.2. The molecule has 122 valence electrons. The van der Waals surface area contributed by atoms with Gasteiger partial charge < -0.3 is 15.0 Å². The predicted molar refractivity (Wildman–Crippen MR) is 76.9 cm³/mol. The Kier molecular flexibility index (Phi) is 4.77. The van der Waals surface area contributed by atoms with E-state index in [0.717, 1.165) is 6.33 Å². The lowest BCUT2D eigenvalue weighted by molar-refractivity contribution is 0.0516. The molecular formula is C14H20F2N4O2. The molecule has 1 aliphatic rings. The Morgan fingerprint density at radius 1 is 1.45 bits per heavy atom. The summed E-state index contributed by atoms with van der Waals surface area (Å²) < 4.78 is 30.3. The number of nitrogens with one attached hydrogen (secondary N) is 1. The number of rotatable bonds is 4. The van der Waals surface area contributed by atoms with Crippen LogP contribution in [0, 0.1) is 5.92 Å². The highest BCUT2D eigenvalue weighted by Gasteiger charge is 2.29. The number of aromatic nitrogens is 2. The van der Waals surface area contributed by atoms with Crippen LogP contribution in [-0.2, 0) is 4.74 Å². The van der Waals surface area contributed by atoms with Gasteiger partial charge in [0.2, 0.25) is 0 Å². The molecule has 0 saturated carbocycles.